The largest absolute Gasteiger partial charge is 0.481 e. The monoisotopic (exact) mass is 463 g/mol. The van der Waals surface area contributed by atoms with E-state index < -0.39 is 30.2 Å². The molecule has 176 valence electrons. The van der Waals surface area contributed by atoms with Crippen LogP contribution in [-0.4, -0.2) is 29.9 Å². The summed E-state index contributed by atoms with van der Waals surface area (Å²) < 4.78 is 45.9. The van der Waals surface area contributed by atoms with Crippen LogP contribution in [-0.2, 0) is 9.53 Å². The van der Waals surface area contributed by atoms with Crippen LogP contribution in [0, 0.1) is 11.3 Å². The first-order chi connectivity index (χ1) is 15.6. The summed E-state index contributed by atoms with van der Waals surface area (Å²) >= 11 is 0. The average molecular weight is 463 g/mol. The minimum Gasteiger partial charge on any atom is -0.481 e. The summed E-state index contributed by atoms with van der Waals surface area (Å²) in [7, 11) is 0. The molecule has 1 unspecified atom stereocenters. The Morgan fingerprint density at radius 1 is 1.12 bits per heavy atom. The lowest BCUT2D eigenvalue weighted by molar-refractivity contribution is -0.222. The van der Waals surface area contributed by atoms with E-state index in [4.69, 9.17) is 15.1 Å². The molecule has 7 nitrogen and oxygen atoms in total. The summed E-state index contributed by atoms with van der Waals surface area (Å²) in [5.74, 6) is -1.49. The number of nitrogens with one attached hydrogen (secondary N) is 2. The molecular weight excluding hydrogens is 439 g/mol. The van der Waals surface area contributed by atoms with Gasteiger partial charge in [-0.1, -0.05) is 19.1 Å². The number of nitriles is 1. The normalized spacial score (nSPS) is 13.0. The van der Waals surface area contributed by atoms with Gasteiger partial charge in [-0.05, 0) is 55.2 Å². The van der Waals surface area contributed by atoms with E-state index in [0.717, 1.165) is 0 Å². The Balaban J connectivity index is 2.42. The number of amides is 2. The molecule has 2 aromatic rings. The first-order valence-corrected chi connectivity index (χ1v) is 10.2. The minimum atomic E-state index is -4.73. The van der Waals surface area contributed by atoms with Gasteiger partial charge in [-0.25, -0.2) is 4.79 Å². The molecular formula is C23H24F3N3O4. The number of ether oxygens (including phenoxy) is 1. The molecule has 33 heavy (non-hydrogen) atoms. The van der Waals surface area contributed by atoms with Crippen molar-refractivity contribution in [3.63, 3.8) is 0 Å². The summed E-state index contributed by atoms with van der Waals surface area (Å²) in [5.41, 5.74) is 0.754. The van der Waals surface area contributed by atoms with Crippen LogP contribution in [0.3, 0.4) is 0 Å². The zero-order chi connectivity index (χ0) is 24.6. The van der Waals surface area contributed by atoms with Gasteiger partial charge in [0, 0.05) is 23.5 Å². The fraction of sp³-hybridized carbons (Fsp3) is 0.348. The Morgan fingerprint density at radius 2 is 1.79 bits per heavy atom. The molecule has 0 saturated carbocycles. The van der Waals surface area contributed by atoms with Gasteiger partial charge < -0.3 is 20.5 Å². The number of carbonyl (C=O) groups excluding carboxylic acids is 1. The quantitative estimate of drug-likeness (QED) is 0.435. The number of nitrogens with zero attached hydrogens (tertiary/aromatic N) is 1. The van der Waals surface area contributed by atoms with Gasteiger partial charge >= 0.3 is 18.2 Å². The molecule has 0 radical (unpaired) electrons. The van der Waals surface area contributed by atoms with Gasteiger partial charge in [0.15, 0.2) is 6.10 Å². The van der Waals surface area contributed by atoms with Crippen LogP contribution in [0.5, 0.6) is 0 Å². The first-order valence-electron chi connectivity index (χ1n) is 10.2. The Bertz CT molecular complexity index is 1020. The number of benzene rings is 2. The summed E-state index contributed by atoms with van der Waals surface area (Å²) in [4.78, 5) is 23.7. The average Bonchev–Trinajstić information content (AvgIpc) is 2.75. The van der Waals surface area contributed by atoms with Gasteiger partial charge in [-0.15, -0.1) is 0 Å². The molecule has 0 aliphatic carbocycles. The molecule has 2 aromatic carbocycles. The molecule has 0 saturated heterocycles. The Labute approximate surface area is 189 Å². The number of hydrogen-bond donors (Lipinski definition) is 3. The van der Waals surface area contributed by atoms with Crippen LogP contribution >= 0.6 is 0 Å². The second kappa shape index (κ2) is 11.3. The fourth-order valence-electron chi connectivity index (χ4n) is 3.31. The summed E-state index contributed by atoms with van der Waals surface area (Å²) in [6, 6.07) is 11.0. The van der Waals surface area contributed by atoms with E-state index >= 15 is 0 Å². The van der Waals surface area contributed by atoms with E-state index in [2.05, 4.69) is 10.6 Å². The minimum absolute atomic E-state index is 0.141. The maximum atomic E-state index is 13.7. The van der Waals surface area contributed by atoms with Crippen LogP contribution in [0.2, 0.25) is 0 Å². The lowest BCUT2D eigenvalue weighted by Crippen LogP contribution is -2.27. The topological polar surface area (TPSA) is 111 Å². The van der Waals surface area contributed by atoms with Crippen LogP contribution in [0.25, 0.3) is 0 Å². The number of carbonyl (C=O) groups is 2. The van der Waals surface area contributed by atoms with Crippen molar-refractivity contribution in [3.05, 3.63) is 59.2 Å². The molecule has 0 spiro atoms. The zero-order valence-electron chi connectivity index (χ0n) is 18.1. The van der Waals surface area contributed by atoms with E-state index in [-0.39, 0.29) is 24.3 Å². The number of rotatable bonds is 9. The van der Waals surface area contributed by atoms with E-state index in [1.54, 1.807) is 6.92 Å². The molecule has 2 atom stereocenters. The SMILES string of the molecule is CCO[C@H](c1ccc(C(CC)CC(=O)O)cc1NC(=O)Nc1ccc(C#N)cc1)C(F)(F)F. The molecule has 2 amide bonds. The molecule has 10 heteroatoms. The predicted molar refractivity (Wildman–Crippen MR) is 116 cm³/mol. The van der Waals surface area contributed by atoms with Crippen molar-refractivity contribution in [1.82, 2.24) is 0 Å². The highest BCUT2D eigenvalue weighted by Gasteiger charge is 2.43. The number of aliphatic carboxylic acids is 1. The van der Waals surface area contributed by atoms with Gasteiger partial charge in [0.25, 0.3) is 0 Å². The van der Waals surface area contributed by atoms with Crippen molar-refractivity contribution in [2.45, 2.75) is 44.9 Å². The molecule has 0 aliphatic heterocycles. The molecule has 0 aromatic heterocycles. The number of carboxylic acids is 1. The van der Waals surface area contributed by atoms with Crippen molar-refractivity contribution in [3.8, 4) is 6.07 Å². The zero-order valence-corrected chi connectivity index (χ0v) is 18.1. The summed E-state index contributed by atoms with van der Waals surface area (Å²) in [5, 5.41) is 22.9. The number of carboxylic acid groups (broad SMARTS) is 1. The molecule has 0 bridgehead atoms. The third-order valence-electron chi connectivity index (χ3n) is 4.90. The van der Waals surface area contributed by atoms with Crippen molar-refractivity contribution in [2.75, 3.05) is 17.2 Å². The van der Waals surface area contributed by atoms with Crippen LogP contribution in [0.15, 0.2) is 42.5 Å². The third kappa shape index (κ3) is 7.22. The predicted octanol–water partition coefficient (Wildman–Crippen LogP) is 5.81. The standard InChI is InChI=1S/C23H24F3N3O4/c1-3-15(12-20(30)31)16-7-10-18(21(33-4-2)23(24,25)26)19(11-16)29-22(32)28-17-8-5-14(13-27)6-9-17/h5-11,15,21H,3-4,12H2,1-2H3,(H,30,31)(H2,28,29,32)/t15?,21-/m1/s1. The van der Waals surface area contributed by atoms with Gasteiger partial charge in [0.2, 0.25) is 0 Å². The van der Waals surface area contributed by atoms with Crippen molar-refractivity contribution < 1.29 is 32.6 Å². The van der Waals surface area contributed by atoms with Crippen molar-refractivity contribution in [1.29, 1.82) is 5.26 Å². The highest BCUT2D eigenvalue weighted by Crippen LogP contribution is 2.40. The highest BCUT2D eigenvalue weighted by molar-refractivity contribution is 6.00. The van der Waals surface area contributed by atoms with E-state index in [1.807, 2.05) is 6.07 Å². The lowest BCUT2D eigenvalue weighted by Gasteiger charge is -2.25. The van der Waals surface area contributed by atoms with Crippen LogP contribution < -0.4 is 10.6 Å². The number of urea groups is 1. The molecule has 2 rings (SSSR count). The summed E-state index contributed by atoms with van der Waals surface area (Å²) in [6.45, 7) is 2.99. The van der Waals surface area contributed by atoms with Crippen molar-refractivity contribution >= 4 is 23.4 Å². The smallest absolute Gasteiger partial charge is 0.418 e. The summed E-state index contributed by atoms with van der Waals surface area (Å²) in [6.07, 6.45) is -6.78. The number of hydrogen-bond acceptors (Lipinski definition) is 4. The Kier molecular flexibility index (Phi) is 8.82. The van der Waals surface area contributed by atoms with Crippen molar-refractivity contribution in [2.24, 2.45) is 0 Å². The Morgan fingerprint density at radius 3 is 2.30 bits per heavy atom. The number of alkyl halides is 3. The van der Waals surface area contributed by atoms with Gasteiger partial charge in [-0.3, -0.25) is 4.79 Å². The lowest BCUT2D eigenvalue weighted by atomic mass is 9.91. The van der Waals surface area contributed by atoms with Crippen LogP contribution in [0.4, 0.5) is 29.3 Å². The number of halogens is 3. The van der Waals surface area contributed by atoms with E-state index in [9.17, 15) is 22.8 Å². The Hall–Kier alpha value is -3.58. The van der Waals surface area contributed by atoms with Gasteiger partial charge in [-0.2, -0.15) is 18.4 Å². The third-order valence-corrected chi connectivity index (χ3v) is 4.90. The second-order valence-electron chi connectivity index (χ2n) is 7.19. The van der Waals surface area contributed by atoms with Crippen LogP contribution in [0.1, 0.15) is 55.4 Å². The number of anilines is 2. The molecule has 3 N–H and O–H groups in total. The highest BCUT2D eigenvalue weighted by atomic mass is 19.4. The molecule has 0 heterocycles. The van der Waals surface area contributed by atoms with Gasteiger partial charge in [0.05, 0.1) is 18.1 Å². The molecule has 0 fully saturated rings. The fourth-order valence-corrected chi connectivity index (χ4v) is 3.31. The maximum Gasteiger partial charge on any atom is 0.418 e. The van der Waals surface area contributed by atoms with E-state index in [0.29, 0.717) is 23.2 Å². The maximum absolute atomic E-state index is 13.7. The van der Waals surface area contributed by atoms with E-state index in [1.165, 1.54) is 49.4 Å². The molecule has 0 aliphatic rings. The second-order valence-corrected chi connectivity index (χ2v) is 7.19. The first kappa shape index (κ1) is 25.7. The van der Waals surface area contributed by atoms with Gasteiger partial charge in [0.1, 0.15) is 0 Å².